The molecule has 0 aliphatic carbocycles. The van der Waals surface area contributed by atoms with Crippen molar-refractivity contribution in [2.75, 3.05) is 19.6 Å². The van der Waals surface area contributed by atoms with Gasteiger partial charge in [0.05, 0.1) is 27.0 Å². The molecule has 3 heterocycles. The van der Waals surface area contributed by atoms with E-state index in [-0.39, 0.29) is 28.9 Å². The van der Waals surface area contributed by atoms with E-state index >= 15 is 0 Å². The fraction of sp³-hybridized carbons (Fsp3) is 0.348. The zero-order valence-electron chi connectivity index (χ0n) is 18.3. The van der Waals surface area contributed by atoms with Crippen molar-refractivity contribution < 1.29 is 22.7 Å². The number of piperidine rings is 1. The minimum Gasteiger partial charge on any atom is -0.474 e. The molecule has 1 atom stereocenters. The first kappa shape index (κ1) is 25.7. The number of hydrogen-bond acceptors (Lipinski definition) is 6. The molecule has 1 aliphatic rings. The van der Waals surface area contributed by atoms with Gasteiger partial charge in [0.1, 0.15) is 22.8 Å². The largest absolute Gasteiger partial charge is 0.474 e. The Hall–Kier alpha value is -2.40. The van der Waals surface area contributed by atoms with Gasteiger partial charge >= 0.3 is 0 Å². The monoisotopic (exact) mass is 544 g/mol. The fourth-order valence-corrected chi connectivity index (χ4v) is 5.33. The normalized spacial score (nSPS) is 15.8. The summed E-state index contributed by atoms with van der Waals surface area (Å²) in [7, 11) is 0. The van der Waals surface area contributed by atoms with E-state index in [4.69, 9.17) is 27.9 Å². The number of alkyl halides is 2. The molecule has 0 radical (unpaired) electrons. The van der Waals surface area contributed by atoms with Gasteiger partial charge in [-0.3, -0.25) is 9.69 Å². The lowest BCUT2D eigenvalue weighted by Crippen LogP contribution is -2.44. The highest BCUT2D eigenvalue weighted by Crippen LogP contribution is 2.34. The summed E-state index contributed by atoms with van der Waals surface area (Å²) in [6.07, 6.45) is -1.66. The second-order valence-electron chi connectivity index (χ2n) is 7.88. The molecule has 2 aromatic heterocycles. The smallest absolute Gasteiger partial charge is 0.281 e. The summed E-state index contributed by atoms with van der Waals surface area (Å²) in [6.45, 7) is 1.02. The SMILES string of the molecule is O=C(NCC(c1scnc1C(F)F)N1CCC(Oc2cccc(Cl)n2)CC1)c1c(F)cccc1Cl. The average Bonchev–Trinajstić information content (AvgIpc) is 3.30. The van der Waals surface area contributed by atoms with Gasteiger partial charge in [-0.25, -0.2) is 23.1 Å². The Morgan fingerprint density at radius 1 is 1.20 bits per heavy atom. The van der Waals surface area contributed by atoms with Crippen molar-refractivity contribution >= 4 is 40.4 Å². The van der Waals surface area contributed by atoms with Gasteiger partial charge < -0.3 is 10.1 Å². The highest BCUT2D eigenvalue weighted by Gasteiger charge is 2.32. The summed E-state index contributed by atoms with van der Waals surface area (Å²) in [5.41, 5.74) is 0.757. The second kappa shape index (κ2) is 11.6. The highest BCUT2D eigenvalue weighted by molar-refractivity contribution is 7.09. The Bertz CT molecular complexity index is 1150. The summed E-state index contributed by atoms with van der Waals surface area (Å²) >= 11 is 13.0. The predicted octanol–water partition coefficient (Wildman–Crippen LogP) is 5.94. The molecule has 1 saturated heterocycles. The standard InChI is InChI=1S/C23H21Cl2F3N4O2S/c24-14-3-1-4-15(26)19(14)23(33)29-11-16(21-20(22(27)28)30-12-35-21)32-9-7-13(8-10-32)34-18-6-2-5-17(25)31-18/h1-6,12-13,16,22H,7-11H2,(H,29,33). The van der Waals surface area contributed by atoms with Crippen molar-refractivity contribution in [3.05, 3.63) is 74.0 Å². The van der Waals surface area contributed by atoms with E-state index in [0.29, 0.717) is 41.8 Å². The Balaban J connectivity index is 1.47. The van der Waals surface area contributed by atoms with Crippen LogP contribution in [0.2, 0.25) is 10.2 Å². The van der Waals surface area contributed by atoms with Crippen LogP contribution in [0.15, 0.2) is 41.9 Å². The molecule has 3 aromatic rings. The molecule has 0 saturated carbocycles. The first-order valence-corrected chi connectivity index (χ1v) is 12.4. The van der Waals surface area contributed by atoms with Crippen LogP contribution in [0.3, 0.4) is 0 Å². The maximum absolute atomic E-state index is 14.2. The van der Waals surface area contributed by atoms with E-state index in [0.717, 1.165) is 17.4 Å². The lowest BCUT2D eigenvalue weighted by atomic mass is 10.0. The Kier molecular flexibility index (Phi) is 8.48. The van der Waals surface area contributed by atoms with Crippen LogP contribution in [0.5, 0.6) is 5.88 Å². The summed E-state index contributed by atoms with van der Waals surface area (Å²) in [5, 5.41) is 2.96. The molecule has 1 N–H and O–H groups in total. The summed E-state index contributed by atoms with van der Waals surface area (Å²) in [5.74, 6) is -1.05. The number of hydrogen-bond donors (Lipinski definition) is 1. The minimum absolute atomic E-state index is 0.0210. The molecule has 6 nitrogen and oxygen atoms in total. The van der Waals surface area contributed by atoms with Crippen LogP contribution < -0.4 is 10.1 Å². The van der Waals surface area contributed by atoms with E-state index in [2.05, 4.69) is 15.3 Å². The van der Waals surface area contributed by atoms with Gasteiger partial charge in [-0.05, 0) is 31.0 Å². The number of likely N-dealkylation sites (tertiary alicyclic amines) is 1. The number of carbonyl (C=O) groups is 1. The van der Waals surface area contributed by atoms with Gasteiger partial charge in [0.15, 0.2) is 0 Å². The quantitative estimate of drug-likeness (QED) is 0.355. The molecule has 4 rings (SSSR count). The van der Waals surface area contributed by atoms with Gasteiger partial charge in [-0.1, -0.05) is 35.3 Å². The molecule has 1 unspecified atom stereocenters. The van der Waals surface area contributed by atoms with Gasteiger partial charge in [-0.2, -0.15) is 0 Å². The van der Waals surface area contributed by atoms with Crippen LogP contribution in [0.25, 0.3) is 0 Å². The molecular formula is C23H21Cl2F3N4O2S. The highest BCUT2D eigenvalue weighted by atomic mass is 35.5. The summed E-state index contributed by atoms with van der Waals surface area (Å²) < 4.78 is 47.4. The zero-order valence-corrected chi connectivity index (χ0v) is 20.6. The number of pyridine rings is 1. The Labute approximate surface area is 214 Å². The third-order valence-electron chi connectivity index (χ3n) is 5.67. The number of benzene rings is 1. The third kappa shape index (κ3) is 6.24. The molecule has 1 aromatic carbocycles. The van der Waals surface area contributed by atoms with Crippen LogP contribution in [-0.4, -0.2) is 46.5 Å². The molecule has 186 valence electrons. The molecule has 1 fully saturated rings. The molecule has 0 spiro atoms. The zero-order chi connectivity index (χ0) is 24.9. The summed E-state index contributed by atoms with van der Waals surface area (Å²) in [6, 6.07) is 8.48. The van der Waals surface area contributed by atoms with Crippen molar-refractivity contribution in [2.45, 2.75) is 31.4 Å². The van der Waals surface area contributed by atoms with Gasteiger partial charge in [0.25, 0.3) is 12.3 Å². The molecule has 1 amide bonds. The Morgan fingerprint density at radius 3 is 2.63 bits per heavy atom. The van der Waals surface area contributed by atoms with Crippen LogP contribution >= 0.6 is 34.5 Å². The van der Waals surface area contributed by atoms with Crippen LogP contribution in [-0.2, 0) is 0 Å². The van der Waals surface area contributed by atoms with E-state index in [1.807, 2.05) is 4.90 Å². The van der Waals surface area contributed by atoms with Crippen molar-refractivity contribution in [2.24, 2.45) is 0 Å². The second-order valence-corrected chi connectivity index (χ2v) is 9.56. The van der Waals surface area contributed by atoms with Crippen LogP contribution in [0.1, 0.15) is 46.2 Å². The third-order valence-corrected chi connectivity index (χ3v) is 7.14. The fourth-order valence-electron chi connectivity index (χ4n) is 3.99. The van der Waals surface area contributed by atoms with Gasteiger partial charge in [0, 0.05) is 25.7 Å². The number of thiazole rings is 1. The number of nitrogens with one attached hydrogen (secondary N) is 1. The molecule has 35 heavy (non-hydrogen) atoms. The van der Waals surface area contributed by atoms with Crippen LogP contribution in [0.4, 0.5) is 13.2 Å². The van der Waals surface area contributed by atoms with E-state index in [1.165, 1.54) is 17.6 Å². The van der Waals surface area contributed by atoms with Crippen molar-refractivity contribution in [3.8, 4) is 5.88 Å². The number of amides is 1. The molecular weight excluding hydrogens is 524 g/mol. The van der Waals surface area contributed by atoms with E-state index < -0.39 is 24.2 Å². The molecule has 0 bridgehead atoms. The first-order valence-electron chi connectivity index (χ1n) is 10.8. The van der Waals surface area contributed by atoms with Gasteiger partial charge in [-0.15, -0.1) is 11.3 Å². The Morgan fingerprint density at radius 2 is 1.94 bits per heavy atom. The van der Waals surface area contributed by atoms with E-state index in [1.54, 1.807) is 18.2 Å². The predicted molar refractivity (Wildman–Crippen MR) is 128 cm³/mol. The topological polar surface area (TPSA) is 67.4 Å². The lowest BCUT2D eigenvalue weighted by Gasteiger charge is -2.37. The van der Waals surface area contributed by atoms with E-state index in [9.17, 15) is 18.0 Å². The van der Waals surface area contributed by atoms with Crippen LogP contribution in [0, 0.1) is 5.82 Å². The number of aromatic nitrogens is 2. The van der Waals surface area contributed by atoms with Crippen molar-refractivity contribution in [1.82, 2.24) is 20.2 Å². The number of rotatable bonds is 8. The van der Waals surface area contributed by atoms with Crippen molar-refractivity contribution in [3.63, 3.8) is 0 Å². The number of carbonyl (C=O) groups excluding carboxylic acids is 1. The maximum atomic E-state index is 14.2. The molecule has 1 aliphatic heterocycles. The minimum atomic E-state index is -2.76. The average molecular weight is 545 g/mol. The first-order chi connectivity index (χ1) is 16.8. The van der Waals surface area contributed by atoms with Gasteiger partial charge in [0.2, 0.25) is 5.88 Å². The summed E-state index contributed by atoms with van der Waals surface area (Å²) in [4.78, 5) is 23.0. The number of halogens is 5. The number of ether oxygens (including phenoxy) is 1. The lowest BCUT2D eigenvalue weighted by molar-refractivity contribution is 0.0681. The van der Waals surface area contributed by atoms with Crippen molar-refractivity contribution in [1.29, 1.82) is 0 Å². The molecule has 12 heteroatoms. The number of nitrogens with zero attached hydrogens (tertiary/aromatic N) is 3. The maximum Gasteiger partial charge on any atom is 0.281 e.